The lowest BCUT2D eigenvalue weighted by atomic mass is 10.2. The minimum Gasteiger partial charge on any atom is -0.292 e. The number of rotatable bonds is 8. The largest absolute Gasteiger partial charge is 0.417 e. The number of aromatic nitrogens is 1. The van der Waals surface area contributed by atoms with Crippen molar-refractivity contribution in [2.24, 2.45) is 0 Å². The molecule has 1 aromatic heterocycles. The minimum atomic E-state index is -4.86. The molecule has 13 heteroatoms. The third-order valence-electron chi connectivity index (χ3n) is 3.87. The fourth-order valence-electron chi connectivity index (χ4n) is 2.43. The smallest absolute Gasteiger partial charge is 0.292 e. The van der Waals surface area contributed by atoms with E-state index in [2.05, 4.69) is 10.4 Å². The van der Waals surface area contributed by atoms with Crippen LogP contribution in [0.25, 0.3) is 0 Å². The van der Waals surface area contributed by atoms with E-state index in [1.807, 2.05) is 4.83 Å². The normalized spacial score (nSPS) is 12.9. The number of hydrazine groups is 1. The first-order chi connectivity index (χ1) is 13.4. The summed E-state index contributed by atoms with van der Waals surface area (Å²) in [6.07, 6.45) is -3.84. The molecule has 0 unspecified atom stereocenters. The summed E-state index contributed by atoms with van der Waals surface area (Å²) in [5.41, 5.74) is 0.856. The van der Waals surface area contributed by atoms with Gasteiger partial charge in [-0.25, -0.2) is 21.8 Å². The lowest BCUT2D eigenvalue weighted by Gasteiger charge is -2.18. The summed E-state index contributed by atoms with van der Waals surface area (Å²) in [4.78, 5) is 4.55. The van der Waals surface area contributed by atoms with Gasteiger partial charge in [-0.1, -0.05) is 26.0 Å². The molecular formula is C16H19F3N4O4S2. The van der Waals surface area contributed by atoms with Crippen molar-refractivity contribution in [1.82, 2.24) is 14.1 Å². The van der Waals surface area contributed by atoms with Crippen molar-refractivity contribution < 1.29 is 30.0 Å². The van der Waals surface area contributed by atoms with Gasteiger partial charge in [0.25, 0.3) is 10.0 Å². The highest BCUT2D eigenvalue weighted by Crippen LogP contribution is 2.33. The predicted molar refractivity (Wildman–Crippen MR) is 99.7 cm³/mol. The zero-order chi connectivity index (χ0) is 21.9. The number of pyridine rings is 1. The molecule has 2 aromatic rings. The zero-order valence-corrected chi connectivity index (χ0v) is 17.1. The molecule has 0 atom stereocenters. The number of hydrogen-bond acceptors (Lipinski definition) is 6. The number of hydrogen-bond donors (Lipinski definition) is 2. The fourth-order valence-corrected chi connectivity index (χ4v) is 4.91. The topological polar surface area (TPSA) is 108 Å². The Kier molecular flexibility index (Phi) is 6.88. The number of sulfonamides is 2. The van der Waals surface area contributed by atoms with Gasteiger partial charge in [-0.05, 0) is 24.3 Å². The second kappa shape index (κ2) is 8.65. The van der Waals surface area contributed by atoms with Crippen molar-refractivity contribution in [3.8, 4) is 0 Å². The van der Waals surface area contributed by atoms with Crippen LogP contribution in [-0.4, -0.2) is 39.2 Å². The Morgan fingerprint density at radius 3 is 2.14 bits per heavy atom. The van der Waals surface area contributed by atoms with E-state index >= 15 is 0 Å². The highest BCUT2D eigenvalue weighted by atomic mass is 32.2. The van der Waals surface area contributed by atoms with Crippen molar-refractivity contribution in [3.05, 3.63) is 48.2 Å². The molecule has 0 amide bonds. The summed E-state index contributed by atoms with van der Waals surface area (Å²) in [5, 5.41) is 0. The summed E-state index contributed by atoms with van der Waals surface area (Å²) in [6.45, 7) is 3.88. The summed E-state index contributed by atoms with van der Waals surface area (Å²) in [5.74, 6) is -0.100. The van der Waals surface area contributed by atoms with E-state index in [1.54, 1.807) is 13.8 Å². The van der Waals surface area contributed by atoms with Crippen LogP contribution in [0, 0.1) is 0 Å². The maximum absolute atomic E-state index is 13.0. The molecule has 160 valence electrons. The van der Waals surface area contributed by atoms with Crippen LogP contribution in [0.5, 0.6) is 0 Å². The average Bonchev–Trinajstić information content (AvgIpc) is 2.67. The van der Waals surface area contributed by atoms with E-state index in [4.69, 9.17) is 0 Å². The van der Waals surface area contributed by atoms with Gasteiger partial charge in [0.15, 0.2) is 0 Å². The molecule has 2 N–H and O–H groups in total. The van der Waals surface area contributed by atoms with Gasteiger partial charge >= 0.3 is 6.18 Å². The van der Waals surface area contributed by atoms with Gasteiger partial charge in [0, 0.05) is 19.3 Å². The highest BCUT2D eigenvalue weighted by molar-refractivity contribution is 7.89. The number of halogens is 3. The quantitative estimate of drug-likeness (QED) is 0.596. The van der Waals surface area contributed by atoms with Crippen LogP contribution in [0.2, 0.25) is 0 Å². The third-order valence-corrected chi connectivity index (χ3v) is 7.21. The van der Waals surface area contributed by atoms with E-state index < -0.39 is 36.7 Å². The summed E-state index contributed by atoms with van der Waals surface area (Å²) in [7, 11) is -8.33. The molecule has 0 fully saturated rings. The average molecular weight is 452 g/mol. The molecule has 2 rings (SSSR count). The molecule has 0 aliphatic heterocycles. The van der Waals surface area contributed by atoms with Crippen LogP contribution >= 0.6 is 0 Å². The van der Waals surface area contributed by atoms with Gasteiger partial charge in [-0.15, -0.1) is 4.83 Å². The van der Waals surface area contributed by atoms with Crippen molar-refractivity contribution in [1.29, 1.82) is 0 Å². The first kappa shape index (κ1) is 23.1. The zero-order valence-electron chi connectivity index (χ0n) is 15.4. The van der Waals surface area contributed by atoms with Crippen LogP contribution in [0.4, 0.5) is 19.0 Å². The van der Waals surface area contributed by atoms with Crippen LogP contribution in [0.15, 0.2) is 52.4 Å². The Balaban J connectivity index is 2.21. The summed E-state index contributed by atoms with van der Waals surface area (Å²) >= 11 is 0. The van der Waals surface area contributed by atoms with Gasteiger partial charge in [0.2, 0.25) is 10.0 Å². The molecule has 0 aliphatic carbocycles. The lowest BCUT2D eigenvalue weighted by molar-refractivity contribution is -0.139. The molecule has 0 saturated carbocycles. The van der Waals surface area contributed by atoms with Crippen molar-refractivity contribution >= 4 is 25.9 Å². The Morgan fingerprint density at radius 2 is 1.62 bits per heavy atom. The predicted octanol–water partition coefficient (Wildman–Crippen LogP) is 2.44. The SMILES string of the molecule is CCN(CC)S(=O)(=O)c1ccc(NNS(=O)(=O)c2ccccc2C(F)(F)F)nc1. The Bertz CT molecular complexity index is 1050. The first-order valence-electron chi connectivity index (χ1n) is 8.33. The van der Waals surface area contributed by atoms with Gasteiger partial charge in [-0.2, -0.15) is 17.5 Å². The molecule has 0 spiro atoms. The third kappa shape index (κ3) is 5.23. The fraction of sp³-hybridized carbons (Fsp3) is 0.312. The Labute approximate surface area is 166 Å². The Morgan fingerprint density at radius 1 is 1.00 bits per heavy atom. The molecule has 8 nitrogen and oxygen atoms in total. The molecule has 1 heterocycles. The highest BCUT2D eigenvalue weighted by Gasteiger charge is 2.36. The van der Waals surface area contributed by atoms with E-state index in [9.17, 15) is 30.0 Å². The van der Waals surface area contributed by atoms with Crippen LogP contribution in [0.1, 0.15) is 19.4 Å². The molecule has 0 bridgehead atoms. The van der Waals surface area contributed by atoms with Crippen LogP contribution in [-0.2, 0) is 26.2 Å². The number of alkyl halides is 3. The number of anilines is 1. The molecule has 1 aromatic carbocycles. The maximum atomic E-state index is 13.0. The van der Waals surface area contributed by atoms with E-state index in [-0.39, 0.29) is 23.8 Å². The monoisotopic (exact) mass is 452 g/mol. The van der Waals surface area contributed by atoms with Crippen LogP contribution < -0.4 is 10.3 Å². The first-order valence-corrected chi connectivity index (χ1v) is 11.3. The molecule has 29 heavy (non-hydrogen) atoms. The standard InChI is InChI=1S/C16H19F3N4O4S2/c1-3-23(4-2)29(26,27)12-9-10-15(20-11-12)21-22-28(24,25)14-8-6-5-7-13(14)16(17,18)19/h5-11,22H,3-4H2,1-2H3,(H,20,21). The second-order valence-electron chi connectivity index (χ2n) is 5.69. The van der Waals surface area contributed by atoms with Gasteiger partial charge in [0.1, 0.15) is 10.7 Å². The number of benzene rings is 1. The molecule has 0 saturated heterocycles. The number of nitrogens with one attached hydrogen (secondary N) is 2. The van der Waals surface area contributed by atoms with Crippen LogP contribution in [0.3, 0.4) is 0 Å². The Hall–Kier alpha value is -2.22. The summed E-state index contributed by atoms with van der Waals surface area (Å²) < 4.78 is 89.6. The lowest BCUT2D eigenvalue weighted by Crippen LogP contribution is -2.32. The van der Waals surface area contributed by atoms with Gasteiger partial charge in [-0.3, -0.25) is 5.43 Å². The van der Waals surface area contributed by atoms with E-state index in [1.165, 1.54) is 16.4 Å². The second-order valence-corrected chi connectivity index (χ2v) is 9.28. The van der Waals surface area contributed by atoms with Gasteiger partial charge < -0.3 is 0 Å². The van der Waals surface area contributed by atoms with Crippen molar-refractivity contribution in [2.75, 3.05) is 18.5 Å². The molecule has 0 aliphatic rings. The van der Waals surface area contributed by atoms with Crippen molar-refractivity contribution in [3.63, 3.8) is 0 Å². The molecule has 0 radical (unpaired) electrons. The molecular weight excluding hydrogens is 433 g/mol. The van der Waals surface area contributed by atoms with E-state index in [0.717, 1.165) is 24.4 Å². The minimum absolute atomic E-state index is 0.1000. The van der Waals surface area contributed by atoms with Gasteiger partial charge in [0.05, 0.1) is 10.5 Å². The number of nitrogens with zero attached hydrogens (tertiary/aromatic N) is 2. The summed E-state index contributed by atoms with van der Waals surface area (Å²) in [6, 6.07) is 6.11. The van der Waals surface area contributed by atoms with Crippen molar-refractivity contribution in [2.45, 2.75) is 29.8 Å². The maximum Gasteiger partial charge on any atom is 0.417 e. The van der Waals surface area contributed by atoms with E-state index in [0.29, 0.717) is 6.07 Å².